The molecule has 0 unspecified atom stereocenters. The van der Waals surface area contributed by atoms with E-state index in [4.69, 9.17) is 4.99 Å². The van der Waals surface area contributed by atoms with Gasteiger partial charge in [-0.1, -0.05) is 25.1 Å². The third-order valence-electron chi connectivity index (χ3n) is 5.10. The third kappa shape index (κ3) is 4.48. The Hall–Kier alpha value is -2.74. The van der Waals surface area contributed by atoms with Gasteiger partial charge in [0.2, 0.25) is 5.13 Å². The fourth-order valence-electron chi connectivity index (χ4n) is 3.51. The van der Waals surface area contributed by atoms with E-state index in [1.54, 1.807) is 0 Å². The second kappa shape index (κ2) is 9.17. The Bertz CT molecular complexity index is 971. The minimum atomic E-state index is 0.641. The Morgan fingerprint density at radius 2 is 1.97 bits per heavy atom. The minimum absolute atomic E-state index is 0.641. The summed E-state index contributed by atoms with van der Waals surface area (Å²) in [5.41, 5.74) is 2.22. The van der Waals surface area contributed by atoms with Crippen LogP contribution in [-0.2, 0) is 13.0 Å². The van der Waals surface area contributed by atoms with Crippen LogP contribution >= 0.6 is 11.5 Å². The van der Waals surface area contributed by atoms with Crippen LogP contribution in [-0.4, -0.2) is 57.9 Å². The van der Waals surface area contributed by atoms with Crippen molar-refractivity contribution in [3.63, 3.8) is 0 Å². The molecule has 1 aliphatic heterocycles. The SMILES string of the molecule is CCNC(=NCc1ccnc2ccccc12)N1CCN(c2nc(CC)ns2)CC1. The van der Waals surface area contributed by atoms with Crippen molar-refractivity contribution in [1.29, 1.82) is 0 Å². The zero-order valence-corrected chi connectivity index (χ0v) is 17.8. The number of pyridine rings is 1. The highest BCUT2D eigenvalue weighted by molar-refractivity contribution is 7.09. The number of para-hydroxylation sites is 1. The van der Waals surface area contributed by atoms with Gasteiger partial charge >= 0.3 is 0 Å². The largest absolute Gasteiger partial charge is 0.357 e. The molecule has 0 aliphatic carbocycles. The summed E-state index contributed by atoms with van der Waals surface area (Å²) >= 11 is 1.50. The van der Waals surface area contributed by atoms with Gasteiger partial charge in [0.1, 0.15) is 5.82 Å². The number of aliphatic imine (C=N–C) groups is 1. The van der Waals surface area contributed by atoms with Crippen molar-refractivity contribution in [1.82, 2.24) is 24.6 Å². The smallest absolute Gasteiger partial charge is 0.205 e. The molecule has 2 aromatic heterocycles. The number of benzene rings is 1. The van der Waals surface area contributed by atoms with Gasteiger partial charge in [0.15, 0.2) is 5.96 Å². The number of aryl methyl sites for hydroxylation is 1. The summed E-state index contributed by atoms with van der Waals surface area (Å²) in [5.74, 6) is 1.91. The zero-order valence-electron chi connectivity index (χ0n) is 17.0. The van der Waals surface area contributed by atoms with Gasteiger partial charge in [0.05, 0.1) is 12.1 Å². The quantitative estimate of drug-likeness (QED) is 0.516. The first-order valence-electron chi connectivity index (χ1n) is 10.2. The first-order chi connectivity index (χ1) is 14.3. The van der Waals surface area contributed by atoms with Crippen LogP contribution in [0.25, 0.3) is 10.9 Å². The van der Waals surface area contributed by atoms with Gasteiger partial charge in [-0.25, -0.2) is 9.98 Å². The highest BCUT2D eigenvalue weighted by Crippen LogP contribution is 2.20. The maximum Gasteiger partial charge on any atom is 0.205 e. The fraction of sp³-hybridized carbons (Fsp3) is 0.429. The second-order valence-electron chi connectivity index (χ2n) is 6.98. The van der Waals surface area contributed by atoms with Crippen LogP contribution in [0, 0.1) is 0 Å². The summed E-state index contributed by atoms with van der Waals surface area (Å²) in [7, 11) is 0. The van der Waals surface area contributed by atoms with E-state index in [9.17, 15) is 0 Å². The molecule has 1 aromatic carbocycles. The maximum atomic E-state index is 4.93. The Kier molecular flexibility index (Phi) is 6.19. The van der Waals surface area contributed by atoms with Crippen LogP contribution in [0.4, 0.5) is 5.13 Å². The molecule has 1 aliphatic rings. The maximum absolute atomic E-state index is 4.93. The Morgan fingerprint density at radius 1 is 1.14 bits per heavy atom. The Balaban J connectivity index is 1.45. The van der Waals surface area contributed by atoms with E-state index in [1.165, 1.54) is 22.5 Å². The van der Waals surface area contributed by atoms with E-state index in [0.29, 0.717) is 6.54 Å². The molecule has 0 atom stereocenters. The zero-order chi connectivity index (χ0) is 20.1. The van der Waals surface area contributed by atoms with Crippen LogP contribution in [0.15, 0.2) is 41.5 Å². The normalized spacial score (nSPS) is 15.2. The number of nitrogens with zero attached hydrogens (tertiary/aromatic N) is 6. The molecule has 0 saturated carbocycles. The molecule has 4 rings (SSSR count). The molecule has 1 saturated heterocycles. The molecule has 152 valence electrons. The van der Waals surface area contributed by atoms with Crippen molar-refractivity contribution in [3.8, 4) is 0 Å². The lowest BCUT2D eigenvalue weighted by molar-refractivity contribution is 0.372. The summed E-state index contributed by atoms with van der Waals surface area (Å²) in [6.07, 6.45) is 2.75. The van der Waals surface area contributed by atoms with Crippen LogP contribution in [0.1, 0.15) is 25.2 Å². The summed E-state index contributed by atoms with van der Waals surface area (Å²) < 4.78 is 4.42. The van der Waals surface area contributed by atoms with Crippen molar-refractivity contribution < 1.29 is 0 Å². The summed E-state index contributed by atoms with van der Waals surface area (Å²) in [6, 6.07) is 10.3. The van der Waals surface area contributed by atoms with Gasteiger partial charge in [0, 0.05) is 62.3 Å². The number of hydrogen-bond donors (Lipinski definition) is 1. The van der Waals surface area contributed by atoms with Crippen LogP contribution in [0.3, 0.4) is 0 Å². The predicted molar refractivity (Wildman–Crippen MR) is 120 cm³/mol. The molecule has 0 spiro atoms. The molecular weight excluding hydrogens is 382 g/mol. The fourth-order valence-corrected chi connectivity index (χ4v) is 4.31. The van der Waals surface area contributed by atoms with Crippen molar-refractivity contribution in [2.75, 3.05) is 37.6 Å². The number of rotatable bonds is 5. The lowest BCUT2D eigenvalue weighted by atomic mass is 10.1. The Labute approximate surface area is 175 Å². The van der Waals surface area contributed by atoms with Gasteiger partial charge in [-0.2, -0.15) is 4.37 Å². The van der Waals surface area contributed by atoms with Gasteiger partial charge in [-0.15, -0.1) is 0 Å². The van der Waals surface area contributed by atoms with Crippen molar-refractivity contribution in [2.45, 2.75) is 26.8 Å². The van der Waals surface area contributed by atoms with E-state index in [-0.39, 0.29) is 0 Å². The van der Waals surface area contributed by atoms with Gasteiger partial charge in [0.25, 0.3) is 0 Å². The van der Waals surface area contributed by atoms with Crippen molar-refractivity contribution in [3.05, 3.63) is 47.9 Å². The van der Waals surface area contributed by atoms with E-state index >= 15 is 0 Å². The van der Waals surface area contributed by atoms with Gasteiger partial charge < -0.3 is 15.1 Å². The van der Waals surface area contributed by atoms with Crippen LogP contribution in [0.5, 0.6) is 0 Å². The van der Waals surface area contributed by atoms with Crippen LogP contribution < -0.4 is 10.2 Å². The summed E-state index contributed by atoms with van der Waals surface area (Å²) in [6.45, 7) is 9.40. The number of hydrogen-bond acceptors (Lipinski definition) is 6. The van der Waals surface area contributed by atoms with E-state index in [2.05, 4.69) is 61.5 Å². The average molecular weight is 410 g/mol. The molecular formula is C21H27N7S. The van der Waals surface area contributed by atoms with Gasteiger partial charge in [-0.3, -0.25) is 4.98 Å². The number of piperazine rings is 1. The standard InChI is InChI=1S/C21H27N7S/c1-3-19-25-21(29-26-19)28-13-11-27(12-14-28)20(22-4-2)24-15-16-9-10-23-18-8-6-5-7-17(16)18/h5-10H,3-4,11-15H2,1-2H3,(H,22,24). The molecule has 1 fully saturated rings. The number of guanidine groups is 1. The predicted octanol–water partition coefficient (Wildman–Crippen LogP) is 2.94. The molecule has 3 heterocycles. The molecule has 7 nitrogen and oxygen atoms in total. The first kappa shape index (κ1) is 19.6. The molecule has 3 aromatic rings. The summed E-state index contributed by atoms with van der Waals surface area (Å²) in [4.78, 5) is 18.7. The first-order valence-corrected chi connectivity index (χ1v) is 11.0. The topological polar surface area (TPSA) is 69.5 Å². The number of fused-ring (bicyclic) bond motifs is 1. The lowest BCUT2D eigenvalue weighted by Gasteiger charge is -2.36. The molecule has 29 heavy (non-hydrogen) atoms. The second-order valence-corrected chi connectivity index (χ2v) is 7.71. The number of nitrogens with one attached hydrogen (secondary N) is 1. The van der Waals surface area contributed by atoms with E-state index in [0.717, 1.165) is 61.6 Å². The minimum Gasteiger partial charge on any atom is -0.357 e. The van der Waals surface area contributed by atoms with E-state index < -0.39 is 0 Å². The third-order valence-corrected chi connectivity index (χ3v) is 5.91. The molecule has 1 N–H and O–H groups in total. The summed E-state index contributed by atoms with van der Waals surface area (Å²) in [5, 5.41) is 5.66. The van der Waals surface area contributed by atoms with E-state index in [1.807, 2.05) is 18.3 Å². The monoisotopic (exact) mass is 409 g/mol. The number of anilines is 1. The molecule has 8 heteroatoms. The molecule has 0 amide bonds. The molecule has 0 radical (unpaired) electrons. The van der Waals surface area contributed by atoms with Gasteiger partial charge in [-0.05, 0) is 24.6 Å². The van der Waals surface area contributed by atoms with Crippen LogP contribution in [0.2, 0.25) is 0 Å². The highest BCUT2D eigenvalue weighted by atomic mass is 32.1. The highest BCUT2D eigenvalue weighted by Gasteiger charge is 2.22. The molecule has 0 bridgehead atoms. The Morgan fingerprint density at radius 3 is 2.72 bits per heavy atom. The number of aromatic nitrogens is 3. The van der Waals surface area contributed by atoms with Crippen molar-refractivity contribution >= 4 is 33.5 Å². The lowest BCUT2D eigenvalue weighted by Crippen LogP contribution is -2.52. The average Bonchev–Trinajstić information content (AvgIpc) is 3.26. The van der Waals surface area contributed by atoms with Crippen molar-refractivity contribution in [2.24, 2.45) is 4.99 Å².